The van der Waals surface area contributed by atoms with Gasteiger partial charge in [0.15, 0.2) is 0 Å². The molecule has 19 heavy (non-hydrogen) atoms. The van der Waals surface area contributed by atoms with Crippen LogP contribution >= 0.6 is 0 Å². The Bertz CT molecular complexity index is 323. The summed E-state index contributed by atoms with van der Waals surface area (Å²) in [6, 6.07) is 1.03. The van der Waals surface area contributed by atoms with E-state index in [9.17, 15) is 4.79 Å². The van der Waals surface area contributed by atoms with Gasteiger partial charge in [-0.3, -0.25) is 4.90 Å². The number of hydrogen-bond acceptors (Lipinski definition) is 4. The Balaban J connectivity index is 1.93. The molecule has 1 aliphatic carbocycles. The zero-order valence-electron chi connectivity index (χ0n) is 12.4. The van der Waals surface area contributed by atoms with Crippen LogP contribution in [0.1, 0.15) is 40.0 Å². The second kappa shape index (κ2) is 5.67. The number of carbonyl (C=O) groups is 1. The third-order valence-electron chi connectivity index (χ3n) is 3.70. The van der Waals surface area contributed by atoms with Gasteiger partial charge in [-0.05, 0) is 40.0 Å². The van der Waals surface area contributed by atoms with Crippen LogP contribution in [0.3, 0.4) is 0 Å². The van der Waals surface area contributed by atoms with Crippen LogP contribution in [0, 0.1) is 0 Å². The van der Waals surface area contributed by atoms with Gasteiger partial charge in [0.1, 0.15) is 5.60 Å². The number of nitrogens with zero attached hydrogens (tertiary/aromatic N) is 2. The Morgan fingerprint density at radius 3 is 2.58 bits per heavy atom. The van der Waals surface area contributed by atoms with E-state index in [1.807, 2.05) is 25.7 Å². The molecule has 1 aliphatic heterocycles. The van der Waals surface area contributed by atoms with Crippen LogP contribution < -0.4 is 5.73 Å². The fourth-order valence-corrected chi connectivity index (χ4v) is 2.68. The maximum atomic E-state index is 12.3. The Morgan fingerprint density at radius 2 is 2.05 bits per heavy atom. The third-order valence-corrected chi connectivity index (χ3v) is 3.70. The Labute approximate surface area is 116 Å². The highest BCUT2D eigenvalue weighted by Crippen LogP contribution is 2.31. The monoisotopic (exact) mass is 269 g/mol. The molecule has 5 heteroatoms. The summed E-state index contributed by atoms with van der Waals surface area (Å²) >= 11 is 0. The second-order valence-electron chi connectivity index (χ2n) is 6.63. The minimum absolute atomic E-state index is 0.222. The predicted octanol–water partition coefficient (Wildman–Crippen LogP) is 1.42. The smallest absolute Gasteiger partial charge is 0.410 e. The first-order chi connectivity index (χ1) is 8.90. The zero-order valence-corrected chi connectivity index (χ0v) is 12.4. The molecule has 2 fully saturated rings. The lowest BCUT2D eigenvalue weighted by molar-refractivity contribution is 0.0174. The molecule has 0 aromatic rings. The van der Waals surface area contributed by atoms with Crippen molar-refractivity contribution in [1.82, 2.24) is 9.80 Å². The van der Waals surface area contributed by atoms with Crippen molar-refractivity contribution >= 4 is 6.09 Å². The highest BCUT2D eigenvalue weighted by Gasteiger charge is 2.38. The minimum atomic E-state index is -0.446. The number of rotatable bonds is 4. The summed E-state index contributed by atoms with van der Waals surface area (Å²) in [6.45, 7) is 8.84. The van der Waals surface area contributed by atoms with Crippen LogP contribution in [0.25, 0.3) is 0 Å². The van der Waals surface area contributed by atoms with Crippen molar-refractivity contribution in [2.75, 3.05) is 26.2 Å². The van der Waals surface area contributed by atoms with Gasteiger partial charge in [-0.25, -0.2) is 4.79 Å². The average Bonchev–Trinajstić information content (AvgIpc) is 3.03. The third kappa shape index (κ3) is 4.08. The van der Waals surface area contributed by atoms with Gasteiger partial charge in [0.25, 0.3) is 0 Å². The molecule has 110 valence electrons. The molecular weight excluding hydrogens is 242 g/mol. The minimum Gasteiger partial charge on any atom is -0.444 e. The van der Waals surface area contributed by atoms with Crippen molar-refractivity contribution in [1.29, 1.82) is 0 Å². The molecule has 0 aromatic carbocycles. The van der Waals surface area contributed by atoms with Gasteiger partial charge < -0.3 is 15.4 Å². The molecule has 0 bridgehead atoms. The van der Waals surface area contributed by atoms with Crippen molar-refractivity contribution in [3.05, 3.63) is 0 Å². The molecule has 2 N–H and O–H groups in total. The maximum absolute atomic E-state index is 12.3. The molecule has 0 radical (unpaired) electrons. The highest BCUT2D eigenvalue weighted by molar-refractivity contribution is 5.68. The van der Waals surface area contributed by atoms with E-state index in [4.69, 9.17) is 10.5 Å². The summed E-state index contributed by atoms with van der Waals surface area (Å²) in [5.74, 6) is 0. The van der Waals surface area contributed by atoms with Gasteiger partial charge in [0.05, 0.1) is 0 Å². The van der Waals surface area contributed by atoms with E-state index in [0.29, 0.717) is 13.1 Å². The van der Waals surface area contributed by atoms with E-state index in [1.54, 1.807) is 0 Å². The molecule has 5 nitrogen and oxygen atoms in total. The summed E-state index contributed by atoms with van der Waals surface area (Å²) in [5.41, 5.74) is 5.20. The van der Waals surface area contributed by atoms with E-state index >= 15 is 0 Å². The Kier molecular flexibility index (Phi) is 4.36. The van der Waals surface area contributed by atoms with Crippen LogP contribution in [0.4, 0.5) is 4.79 Å². The van der Waals surface area contributed by atoms with Gasteiger partial charge in [-0.15, -0.1) is 0 Å². The van der Waals surface area contributed by atoms with Crippen LogP contribution in [-0.2, 0) is 4.74 Å². The van der Waals surface area contributed by atoms with Crippen molar-refractivity contribution in [3.63, 3.8) is 0 Å². The molecule has 1 saturated carbocycles. The zero-order chi connectivity index (χ0) is 14.0. The SMILES string of the molecule is CC(C)(C)OC(=O)N(CCN)[C@H]1CCN(C2CC2)C1. The molecule has 0 spiro atoms. The van der Waals surface area contributed by atoms with Crippen molar-refractivity contribution in [2.24, 2.45) is 5.73 Å². The summed E-state index contributed by atoms with van der Waals surface area (Å²) in [6.07, 6.45) is 3.45. The fraction of sp³-hybridized carbons (Fsp3) is 0.929. The number of ether oxygens (including phenoxy) is 1. The quantitative estimate of drug-likeness (QED) is 0.838. The first kappa shape index (κ1) is 14.6. The van der Waals surface area contributed by atoms with Gasteiger partial charge in [-0.1, -0.05) is 0 Å². The lowest BCUT2D eigenvalue weighted by atomic mass is 10.2. The molecule has 1 atom stereocenters. The number of hydrogen-bond donors (Lipinski definition) is 1. The van der Waals surface area contributed by atoms with Crippen LogP contribution in [0.5, 0.6) is 0 Å². The van der Waals surface area contributed by atoms with Crippen LogP contribution in [0.15, 0.2) is 0 Å². The molecule has 0 unspecified atom stereocenters. The maximum Gasteiger partial charge on any atom is 0.410 e. The Morgan fingerprint density at radius 1 is 1.37 bits per heavy atom. The summed E-state index contributed by atoms with van der Waals surface area (Å²) in [7, 11) is 0. The topological polar surface area (TPSA) is 58.8 Å². The lowest BCUT2D eigenvalue weighted by Crippen LogP contribution is -2.46. The molecule has 2 aliphatic rings. The van der Waals surface area contributed by atoms with Crippen molar-refractivity contribution in [3.8, 4) is 0 Å². The first-order valence-electron chi connectivity index (χ1n) is 7.34. The number of likely N-dealkylation sites (tertiary alicyclic amines) is 1. The van der Waals surface area contributed by atoms with Gasteiger partial charge >= 0.3 is 6.09 Å². The number of nitrogens with two attached hydrogens (primary N) is 1. The van der Waals surface area contributed by atoms with Crippen molar-refractivity contribution in [2.45, 2.75) is 57.7 Å². The van der Waals surface area contributed by atoms with Crippen molar-refractivity contribution < 1.29 is 9.53 Å². The largest absolute Gasteiger partial charge is 0.444 e. The molecular formula is C14H27N3O2. The summed E-state index contributed by atoms with van der Waals surface area (Å²) < 4.78 is 5.49. The molecule has 1 amide bonds. The van der Waals surface area contributed by atoms with Crippen LogP contribution in [0.2, 0.25) is 0 Å². The highest BCUT2D eigenvalue weighted by atomic mass is 16.6. The van der Waals surface area contributed by atoms with Crippen LogP contribution in [-0.4, -0.2) is 59.8 Å². The molecule has 0 aromatic heterocycles. The van der Waals surface area contributed by atoms with Gasteiger partial charge in [0, 0.05) is 38.3 Å². The standard InChI is InChI=1S/C14H27N3O2/c1-14(2,3)19-13(18)17(9-7-15)12-6-8-16(10-12)11-4-5-11/h11-12H,4-10,15H2,1-3H3/t12-/m0/s1. The molecule has 2 rings (SSSR count). The number of carbonyl (C=O) groups excluding carboxylic acids is 1. The summed E-state index contributed by atoms with van der Waals surface area (Å²) in [4.78, 5) is 16.6. The predicted molar refractivity (Wildman–Crippen MR) is 75.0 cm³/mol. The average molecular weight is 269 g/mol. The second-order valence-corrected chi connectivity index (χ2v) is 6.63. The van der Waals surface area contributed by atoms with E-state index in [0.717, 1.165) is 25.6 Å². The van der Waals surface area contributed by atoms with E-state index in [-0.39, 0.29) is 12.1 Å². The normalized spacial score (nSPS) is 24.5. The first-order valence-corrected chi connectivity index (χ1v) is 7.34. The van der Waals surface area contributed by atoms with Gasteiger partial charge in [0.2, 0.25) is 0 Å². The summed E-state index contributed by atoms with van der Waals surface area (Å²) in [5, 5.41) is 0. The lowest BCUT2D eigenvalue weighted by Gasteiger charge is -2.31. The van der Waals surface area contributed by atoms with E-state index in [2.05, 4.69) is 4.90 Å². The Hall–Kier alpha value is -0.810. The number of amides is 1. The fourth-order valence-electron chi connectivity index (χ4n) is 2.68. The molecule has 1 saturated heterocycles. The van der Waals surface area contributed by atoms with E-state index in [1.165, 1.54) is 12.8 Å². The van der Waals surface area contributed by atoms with Gasteiger partial charge in [-0.2, -0.15) is 0 Å². The molecule has 1 heterocycles. The van der Waals surface area contributed by atoms with E-state index < -0.39 is 5.60 Å².